The molecule has 8 heteroatoms. The number of benzene rings is 2. The van der Waals surface area contributed by atoms with Gasteiger partial charge in [0.2, 0.25) is 0 Å². The summed E-state index contributed by atoms with van der Waals surface area (Å²) in [5, 5.41) is 0. The zero-order valence-corrected chi connectivity index (χ0v) is 14.0. The molecule has 0 saturated heterocycles. The van der Waals surface area contributed by atoms with Crippen LogP contribution in [0.4, 0.5) is 0 Å². The van der Waals surface area contributed by atoms with Gasteiger partial charge in [-0.15, -0.1) is 0 Å². The van der Waals surface area contributed by atoms with E-state index in [0.29, 0.717) is 11.5 Å². The molecule has 0 aliphatic rings. The topological polar surface area (TPSA) is 88.4 Å². The second-order valence-electron chi connectivity index (χ2n) is 5.03. The van der Waals surface area contributed by atoms with E-state index < -0.39 is 11.3 Å². The highest BCUT2D eigenvalue weighted by Crippen LogP contribution is 2.32. The number of ether oxygens (including phenoxy) is 2. The quantitative estimate of drug-likeness (QED) is 0.689. The van der Waals surface area contributed by atoms with E-state index in [2.05, 4.69) is 9.71 Å². The van der Waals surface area contributed by atoms with Crippen LogP contribution in [-0.4, -0.2) is 32.5 Å². The summed E-state index contributed by atoms with van der Waals surface area (Å²) >= 11 is -2.27. The van der Waals surface area contributed by atoms with Crippen molar-refractivity contribution in [2.75, 3.05) is 14.2 Å². The fourth-order valence-corrected chi connectivity index (χ4v) is 2.74. The van der Waals surface area contributed by atoms with Crippen LogP contribution >= 0.6 is 0 Å². The van der Waals surface area contributed by atoms with E-state index in [1.165, 1.54) is 0 Å². The summed E-state index contributed by atoms with van der Waals surface area (Å²) in [5.74, 6) is 1.26. The maximum atomic E-state index is 10.5. The lowest BCUT2D eigenvalue weighted by Gasteiger charge is -2.10. The predicted octanol–water partition coefficient (Wildman–Crippen LogP) is 1.93. The molecule has 3 aromatic rings. The van der Waals surface area contributed by atoms with Crippen molar-refractivity contribution in [3.05, 3.63) is 48.3 Å². The monoisotopic (exact) mass is 346 g/mol. The molecule has 7 nitrogen and oxygen atoms in total. The fraction of sp³-hybridized carbons (Fsp3) is 0.188. The van der Waals surface area contributed by atoms with Crippen molar-refractivity contribution in [3.63, 3.8) is 0 Å². The van der Waals surface area contributed by atoms with Crippen molar-refractivity contribution in [3.8, 4) is 17.2 Å². The van der Waals surface area contributed by atoms with Crippen molar-refractivity contribution in [2.24, 2.45) is 0 Å². The number of fused-ring (bicyclic) bond motifs is 1. The largest absolute Gasteiger partial charge is 0.760 e. The normalized spacial score (nSPS) is 12.3. The zero-order valence-electron chi connectivity index (χ0n) is 13.2. The molecule has 0 fully saturated rings. The highest BCUT2D eigenvalue weighted by atomic mass is 32.2. The Bertz CT molecular complexity index is 877. The Kier molecular flexibility index (Phi) is 4.79. The minimum absolute atomic E-state index is 0.256. The molecule has 0 amide bonds. The summed E-state index contributed by atoms with van der Waals surface area (Å²) in [4.78, 5) is 4.39. The van der Waals surface area contributed by atoms with Gasteiger partial charge in [0.25, 0.3) is 0 Å². The summed E-state index contributed by atoms with van der Waals surface area (Å²) in [7, 11) is 3.18. The number of rotatable bonds is 6. The molecule has 1 unspecified atom stereocenters. The van der Waals surface area contributed by atoms with Gasteiger partial charge in [0.05, 0.1) is 25.3 Å². The Morgan fingerprint density at radius 2 is 1.83 bits per heavy atom. The van der Waals surface area contributed by atoms with Crippen LogP contribution < -0.4 is 14.2 Å². The van der Waals surface area contributed by atoms with E-state index in [-0.39, 0.29) is 6.54 Å². The van der Waals surface area contributed by atoms with E-state index in [1.807, 2.05) is 41.0 Å². The number of nitrogens with zero attached hydrogens (tertiary/aromatic N) is 2. The second-order valence-corrected chi connectivity index (χ2v) is 5.79. The summed E-state index contributed by atoms with van der Waals surface area (Å²) in [6.07, 6.45) is 1.73. The average Bonchev–Trinajstić information content (AvgIpc) is 3.01. The van der Waals surface area contributed by atoms with Gasteiger partial charge in [-0.25, -0.2) is 9.71 Å². The van der Waals surface area contributed by atoms with Crippen LogP contribution in [0, 0.1) is 0 Å². The molecule has 1 aromatic heterocycles. The lowest BCUT2D eigenvalue weighted by Crippen LogP contribution is -2.15. The third-order valence-corrected chi connectivity index (χ3v) is 4.04. The molecule has 3 rings (SSSR count). The van der Waals surface area contributed by atoms with Gasteiger partial charge in [0.15, 0.2) is 11.5 Å². The highest BCUT2D eigenvalue weighted by molar-refractivity contribution is 7.77. The first kappa shape index (κ1) is 16.4. The van der Waals surface area contributed by atoms with E-state index >= 15 is 0 Å². The smallest absolute Gasteiger partial charge is 0.163 e. The standard InChI is InChI=1S/C16H17N3O4S/c1-22-15-7-13-14(8-16(15)23-2)19(10-17-13)12-5-3-11(4-6-12)9-18-24(20)21/h3-8,10,18H,9H2,1-2H3,(H,20,21)/p-1. The first-order valence-electron chi connectivity index (χ1n) is 7.13. The van der Waals surface area contributed by atoms with E-state index in [9.17, 15) is 8.76 Å². The molecule has 0 aliphatic carbocycles. The fourth-order valence-electron chi connectivity index (χ4n) is 2.46. The van der Waals surface area contributed by atoms with Crippen molar-refractivity contribution in [1.82, 2.24) is 14.3 Å². The van der Waals surface area contributed by atoms with Crippen LogP contribution in [0.5, 0.6) is 11.5 Å². The SMILES string of the molecule is COc1cc2ncn(-c3ccc(CNS(=O)[O-])cc3)c2cc1OC. The highest BCUT2D eigenvalue weighted by Gasteiger charge is 2.11. The minimum atomic E-state index is -2.27. The van der Waals surface area contributed by atoms with Crippen molar-refractivity contribution >= 4 is 22.3 Å². The minimum Gasteiger partial charge on any atom is -0.760 e. The third-order valence-electron chi connectivity index (χ3n) is 3.66. The first-order chi connectivity index (χ1) is 11.6. The van der Waals surface area contributed by atoms with Gasteiger partial charge in [0, 0.05) is 35.6 Å². The second kappa shape index (κ2) is 7.00. The molecule has 126 valence electrons. The maximum absolute atomic E-state index is 10.5. The molecule has 0 radical (unpaired) electrons. The van der Waals surface area contributed by atoms with Gasteiger partial charge < -0.3 is 14.0 Å². The Balaban J connectivity index is 1.95. The average molecular weight is 346 g/mol. The lowest BCUT2D eigenvalue weighted by molar-refractivity contribution is 0.355. The predicted molar refractivity (Wildman–Crippen MR) is 89.9 cm³/mol. The molecular formula is C16H16N3O4S-. The number of aromatic nitrogens is 2. The third kappa shape index (κ3) is 3.25. The lowest BCUT2D eigenvalue weighted by atomic mass is 10.2. The summed E-state index contributed by atoms with van der Waals surface area (Å²) in [6, 6.07) is 11.2. The van der Waals surface area contributed by atoms with Gasteiger partial charge in [-0.3, -0.25) is 8.78 Å². The molecule has 1 N–H and O–H groups in total. The van der Waals surface area contributed by atoms with Crippen LogP contribution in [0.15, 0.2) is 42.7 Å². The van der Waals surface area contributed by atoms with Gasteiger partial charge in [-0.1, -0.05) is 12.1 Å². The number of hydrogen-bond acceptors (Lipinski definition) is 5. The molecule has 0 spiro atoms. The van der Waals surface area contributed by atoms with E-state index in [0.717, 1.165) is 22.3 Å². The molecule has 0 aliphatic heterocycles. The molecular weight excluding hydrogens is 330 g/mol. The summed E-state index contributed by atoms with van der Waals surface area (Å²) < 4.78 is 36.0. The van der Waals surface area contributed by atoms with Crippen LogP contribution in [0.3, 0.4) is 0 Å². The first-order valence-corrected chi connectivity index (χ1v) is 8.21. The number of nitrogens with one attached hydrogen (secondary N) is 1. The molecule has 24 heavy (non-hydrogen) atoms. The number of imidazole rings is 1. The van der Waals surface area contributed by atoms with Crippen molar-refractivity contribution < 1.29 is 18.2 Å². The molecule has 0 saturated carbocycles. The van der Waals surface area contributed by atoms with Crippen molar-refractivity contribution in [1.29, 1.82) is 0 Å². The zero-order chi connectivity index (χ0) is 17.1. The van der Waals surface area contributed by atoms with Gasteiger partial charge >= 0.3 is 0 Å². The van der Waals surface area contributed by atoms with Crippen LogP contribution in [-0.2, 0) is 17.8 Å². The Hall–Kier alpha value is -2.42. The Morgan fingerprint density at radius 1 is 1.17 bits per heavy atom. The maximum Gasteiger partial charge on any atom is 0.163 e. The van der Waals surface area contributed by atoms with Crippen LogP contribution in [0.1, 0.15) is 5.56 Å². The Labute approximate surface area is 141 Å². The van der Waals surface area contributed by atoms with E-state index in [4.69, 9.17) is 9.47 Å². The molecule has 1 heterocycles. The van der Waals surface area contributed by atoms with Gasteiger partial charge in [-0.05, 0) is 17.7 Å². The van der Waals surface area contributed by atoms with Gasteiger partial charge in [0.1, 0.15) is 6.33 Å². The number of methoxy groups -OCH3 is 2. The van der Waals surface area contributed by atoms with Gasteiger partial charge in [-0.2, -0.15) is 0 Å². The molecule has 2 aromatic carbocycles. The summed E-state index contributed by atoms with van der Waals surface area (Å²) in [6.45, 7) is 0.256. The number of hydrogen-bond donors (Lipinski definition) is 1. The van der Waals surface area contributed by atoms with Crippen LogP contribution in [0.2, 0.25) is 0 Å². The molecule has 1 atom stereocenters. The Morgan fingerprint density at radius 3 is 2.46 bits per heavy atom. The summed E-state index contributed by atoms with van der Waals surface area (Å²) in [5.41, 5.74) is 3.46. The molecule has 0 bridgehead atoms. The van der Waals surface area contributed by atoms with E-state index in [1.54, 1.807) is 20.5 Å². The van der Waals surface area contributed by atoms with Crippen molar-refractivity contribution in [2.45, 2.75) is 6.54 Å². The van der Waals surface area contributed by atoms with Crippen LogP contribution in [0.25, 0.3) is 16.7 Å².